The van der Waals surface area contributed by atoms with Gasteiger partial charge in [0.2, 0.25) is 5.75 Å². The van der Waals surface area contributed by atoms with Crippen molar-refractivity contribution in [2.45, 2.75) is 32.4 Å². The Bertz CT molecular complexity index is 814. The number of aryl methyl sites for hydroxylation is 1. The second-order valence-electron chi connectivity index (χ2n) is 6.14. The molecule has 27 heavy (non-hydrogen) atoms. The number of alkyl halides is 2. The third-order valence-corrected chi connectivity index (χ3v) is 4.12. The maximum Gasteiger partial charge on any atom is 0.586 e. The Hall–Kier alpha value is -2.74. The second-order valence-corrected chi connectivity index (χ2v) is 6.14. The van der Waals surface area contributed by atoms with Crippen LogP contribution >= 0.6 is 0 Å². The smallest absolute Gasteiger partial charge is 0.493 e. The zero-order valence-electron chi connectivity index (χ0n) is 15.3. The Morgan fingerprint density at radius 1 is 1.00 bits per heavy atom. The zero-order valence-corrected chi connectivity index (χ0v) is 15.3. The first-order chi connectivity index (χ1) is 12.7. The van der Waals surface area contributed by atoms with Gasteiger partial charge in [-0.25, -0.2) is 0 Å². The van der Waals surface area contributed by atoms with E-state index in [1.54, 1.807) is 19.1 Å². The number of rotatable bonds is 6. The van der Waals surface area contributed by atoms with Crippen LogP contribution in [0, 0.1) is 6.92 Å². The van der Waals surface area contributed by atoms with Crippen LogP contribution in [0.2, 0.25) is 0 Å². The molecule has 2 aromatic carbocycles. The van der Waals surface area contributed by atoms with Crippen LogP contribution in [-0.4, -0.2) is 31.7 Å². The van der Waals surface area contributed by atoms with Crippen molar-refractivity contribution in [2.75, 3.05) is 14.2 Å². The van der Waals surface area contributed by atoms with Crippen molar-refractivity contribution in [1.29, 1.82) is 0 Å². The van der Waals surface area contributed by atoms with Crippen molar-refractivity contribution < 1.29 is 37.6 Å². The molecule has 0 aliphatic carbocycles. The lowest BCUT2D eigenvalue weighted by Crippen LogP contribution is -2.26. The minimum atomic E-state index is -3.71. The maximum absolute atomic E-state index is 13.2. The molecule has 0 amide bonds. The lowest BCUT2D eigenvalue weighted by atomic mass is 10.0. The van der Waals surface area contributed by atoms with Gasteiger partial charge in [-0.15, -0.1) is 8.78 Å². The molecule has 0 aromatic heterocycles. The summed E-state index contributed by atoms with van der Waals surface area (Å²) in [6.45, 7) is 3.53. The Labute approximate surface area is 155 Å². The van der Waals surface area contributed by atoms with Crippen molar-refractivity contribution in [2.24, 2.45) is 0 Å². The largest absolute Gasteiger partial charge is 0.586 e. The summed E-state index contributed by atoms with van der Waals surface area (Å²) >= 11 is 0. The van der Waals surface area contributed by atoms with Gasteiger partial charge in [0.05, 0.1) is 14.2 Å². The van der Waals surface area contributed by atoms with Gasteiger partial charge in [-0.05, 0) is 49.2 Å². The second kappa shape index (κ2) is 7.11. The third kappa shape index (κ3) is 3.85. The van der Waals surface area contributed by atoms with Crippen molar-refractivity contribution in [1.82, 2.24) is 0 Å². The van der Waals surface area contributed by atoms with E-state index in [-0.39, 0.29) is 11.5 Å². The first-order valence-corrected chi connectivity index (χ1v) is 8.21. The average Bonchev–Trinajstić information content (AvgIpc) is 2.94. The lowest BCUT2D eigenvalue weighted by Gasteiger charge is -2.23. The molecule has 0 saturated carbocycles. The number of fused-ring (bicyclic) bond motifs is 1. The summed E-state index contributed by atoms with van der Waals surface area (Å²) in [6, 6.07) is 7.63. The van der Waals surface area contributed by atoms with Crippen molar-refractivity contribution >= 4 is 0 Å². The molecule has 0 bridgehead atoms. The highest BCUT2D eigenvalue weighted by Gasteiger charge is 2.43. The minimum absolute atomic E-state index is 0.0913. The van der Waals surface area contributed by atoms with Crippen LogP contribution in [0.15, 0.2) is 30.3 Å². The molecule has 6 nitrogen and oxygen atoms in total. The normalized spacial score (nSPS) is 16.6. The Kier molecular flexibility index (Phi) is 5.01. The number of benzene rings is 2. The standard InChI is InChI=1S/C19H20F2O6/c1-10-7-15(23-3)18(16(8-10)24-4)25-11(2)17(22)12-5-6-13-14(9-12)27-19(20,21)26-13/h5-9,11,17,22H,1-4H3/t11-,17-/m1/s1. The summed E-state index contributed by atoms with van der Waals surface area (Å²) in [4.78, 5) is 0. The van der Waals surface area contributed by atoms with E-state index in [0.717, 1.165) is 5.56 Å². The Morgan fingerprint density at radius 3 is 2.19 bits per heavy atom. The topological polar surface area (TPSA) is 66.4 Å². The van der Waals surface area contributed by atoms with E-state index in [9.17, 15) is 13.9 Å². The predicted molar refractivity (Wildman–Crippen MR) is 92.0 cm³/mol. The van der Waals surface area contributed by atoms with Crippen molar-refractivity contribution in [3.63, 3.8) is 0 Å². The van der Waals surface area contributed by atoms with Crippen LogP contribution in [0.1, 0.15) is 24.2 Å². The molecule has 0 unspecified atom stereocenters. The van der Waals surface area contributed by atoms with E-state index in [1.807, 2.05) is 6.92 Å². The molecule has 1 N–H and O–H groups in total. The molecule has 1 aliphatic heterocycles. The zero-order chi connectivity index (χ0) is 19.8. The molecule has 3 rings (SSSR count). The number of hydrogen-bond acceptors (Lipinski definition) is 6. The van der Waals surface area contributed by atoms with Gasteiger partial charge in [-0.3, -0.25) is 0 Å². The molecule has 8 heteroatoms. The van der Waals surface area contributed by atoms with Crippen molar-refractivity contribution in [3.8, 4) is 28.7 Å². The van der Waals surface area contributed by atoms with Gasteiger partial charge in [0.25, 0.3) is 0 Å². The maximum atomic E-state index is 13.2. The van der Waals surface area contributed by atoms with Gasteiger partial charge in [-0.2, -0.15) is 0 Å². The fourth-order valence-corrected chi connectivity index (χ4v) is 2.80. The first-order valence-electron chi connectivity index (χ1n) is 8.21. The summed E-state index contributed by atoms with van der Waals surface area (Å²) < 4.78 is 51.6. The Morgan fingerprint density at radius 2 is 1.59 bits per heavy atom. The van der Waals surface area contributed by atoms with Gasteiger partial charge in [0.15, 0.2) is 23.0 Å². The van der Waals surface area contributed by atoms with E-state index in [2.05, 4.69) is 9.47 Å². The van der Waals surface area contributed by atoms with Gasteiger partial charge in [0, 0.05) is 0 Å². The lowest BCUT2D eigenvalue weighted by molar-refractivity contribution is -0.286. The first kappa shape index (κ1) is 19.0. The molecule has 0 saturated heterocycles. The summed E-state index contributed by atoms with van der Waals surface area (Å²) in [5.74, 6) is 1.01. The summed E-state index contributed by atoms with van der Waals surface area (Å²) in [6.07, 6.45) is -5.57. The fourth-order valence-electron chi connectivity index (χ4n) is 2.80. The molecular weight excluding hydrogens is 362 g/mol. The van der Waals surface area contributed by atoms with Crippen LogP contribution in [0.3, 0.4) is 0 Å². The van der Waals surface area contributed by atoms with E-state index in [1.165, 1.54) is 32.4 Å². The molecule has 2 atom stereocenters. The number of aliphatic hydroxyl groups is 1. The van der Waals surface area contributed by atoms with Gasteiger partial charge in [0.1, 0.15) is 12.2 Å². The van der Waals surface area contributed by atoms with Crippen LogP contribution in [0.25, 0.3) is 0 Å². The number of halogens is 2. The monoisotopic (exact) mass is 382 g/mol. The fraction of sp³-hybridized carbons (Fsp3) is 0.368. The van der Waals surface area contributed by atoms with E-state index in [4.69, 9.17) is 14.2 Å². The quantitative estimate of drug-likeness (QED) is 0.819. The summed E-state index contributed by atoms with van der Waals surface area (Å²) in [5.41, 5.74) is 1.26. The third-order valence-electron chi connectivity index (χ3n) is 4.12. The van der Waals surface area contributed by atoms with Gasteiger partial charge < -0.3 is 28.8 Å². The molecule has 0 radical (unpaired) electrons. The molecule has 2 aromatic rings. The van der Waals surface area contributed by atoms with Crippen LogP contribution < -0.4 is 23.7 Å². The van der Waals surface area contributed by atoms with Crippen LogP contribution in [0.5, 0.6) is 28.7 Å². The average molecular weight is 382 g/mol. The van der Waals surface area contributed by atoms with Gasteiger partial charge in [-0.1, -0.05) is 6.07 Å². The summed E-state index contributed by atoms with van der Waals surface area (Å²) in [7, 11) is 3.00. The molecule has 1 heterocycles. The molecular formula is C19H20F2O6. The van der Waals surface area contributed by atoms with Crippen LogP contribution in [0.4, 0.5) is 8.78 Å². The van der Waals surface area contributed by atoms with Crippen molar-refractivity contribution in [3.05, 3.63) is 41.5 Å². The van der Waals surface area contributed by atoms with E-state index in [0.29, 0.717) is 22.8 Å². The highest BCUT2D eigenvalue weighted by molar-refractivity contribution is 5.54. The SMILES string of the molecule is COc1cc(C)cc(OC)c1O[C@H](C)[C@@H](O)c1ccc2c(c1)OC(F)(F)O2. The number of hydrogen-bond donors (Lipinski definition) is 1. The molecule has 0 fully saturated rings. The Balaban J connectivity index is 1.83. The highest BCUT2D eigenvalue weighted by Crippen LogP contribution is 2.43. The number of methoxy groups -OCH3 is 2. The van der Waals surface area contributed by atoms with E-state index >= 15 is 0 Å². The molecule has 1 aliphatic rings. The number of ether oxygens (including phenoxy) is 5. The minimum Gasteiger partial charge on any atom is -0.493 e. The highest BCUT2D eigenvalue weighted by atomic mass is 19.3. The predicted octanol–water partition coefficient (Wildman–Crippen LogP) is 3.83. The summed E-state index contributed by atoms with van der Waals surface area (Å²) in [5, 5.41) is 10.6. The number of aliphatic hydroxyl groups excluding tert-OH is 1. The van der Waals surface area contributed by atoms with E-state index < -0.39 is 18.5 Å². The molecule has 146 valence electrons. The van der Waals surface area contributed by atoms with Gasteiger partial charge >= 0.3 is 6.29 Å². The molecule has 0 spiro atoms. The van der Waals surface area contributed by atoms with Crippen LogP contribution in [-0.2, 0) is 0 Å².